The molecule has 122 valence electrons. The van der Waals surface area contributed by atoms with Gasteiger partial charge in [-0.15, -0.1) is 11.3 Å². The van der Waals surface area contributed by atoms with E-state index < -0.39 is 0 Å². The Labute approximate surface area is 140 Å². The highest BCUT2D eigenvalue weighted by atomic mass is 32.1. The molecule has 0 unspecified atom stereocenters. The summed E-state index contributed by atoms with van der Waals surface area (Å²) in [5, 5.41) is 5.40. The van der Waals surface area contributed by atoms with Crippen LogP contribution in [-0.2, 0) is 24.2 Å². The van der Waals surface area contributed by atoms with Gasteiger partial charge in [-0.3, -0.25) is 14.4 Å². The van der Waals surface area contributed by atoms with Gasteiger partial charge < -0.3 is 0 Å². The van der Waals surface area contributed by atoms with Crippen LogP contribution in [0.15, 0.2) is 6.20 Å². The van der Waals surface area contributed by atoms with Gasteiger partial charge in [0.2, 0.25) is 5.91 Å². The normalized spacial score (nSPS) is 16.3. The summed E-state index contributed by atoms with van der Waals surface area (Å²) in [6.07, 6.45) is 6.01. The van der Waals surface area contributed by atoms with Crippen molar-refractivity contribution in [1.29, 1.82) is 0 Å². The van der Waals surface area contributed by atoms with Crippen molar-refractivity contribution in [2.75, 3.05) is 11.9 Å². The second kappa shape index (κ2) is 5.44. The minimum Gasteiger partial charge on any atom is -0.291 e. The van der Waals surface area contributed by atoms with Crippen molar-refractivity contribution < 1.29 is 4.79 Å². The van der Waals surface area contributed by atoms with Gasteiger partial charge in [0, 0.05) is 35.6 Å². The molecule has 2 aliphatic carbocycles. The van der Waals surface area contributed by atoms with Gasteiger partial charge in [-0.1, -0.05) is 13.8 Å². The molecule has 5 nitrogen and oxygen atoms in total. The fourth-order valence-corrected chi connectivity index (χ4v) is 4.21. The maximum Gasteiger partial charge on any atom is 0.231 e. The first-order valence-electron chi connectivity index (χ1n) is 8.37. The van der Waals surface area contributed by atoms with E-state index >= 15 is 0 Å². The van der Waals surface area contributed by atoms with E-state index in [1.165, 1.54) is 10.6 Å². The van der Waals surface area contributed by atoms with Gasteiger partial charge in [0.1, 0.15) is 0 Å². The molecule has 0 aromatic carbocycles. The van der Waals surface area contributed by atoms with E-state index in [9.17, 15) is 4.79 Å². The van der Waals surface area contributed by atoms with Gasteiger partial charge in [0.15, 0.2) is 5.13 Å². The zero-order valence-electron chi connectivity index (χ0n) is 13.9. The molecule has 0 bridgehead atoms. The number of rotatable bonds is 4. The van der Waals surface area contributed by atoms with Gasteiger partial charge in [-0.25, -0.2) is 4.98 Å². The van der Waals surface area contributed by atoms with Crippen molar-refractivity contribution in [3.63, 3.8) is 0 Å². The second-order valence-corrected chi connectivity index (χ2v) is 8.08. The second-order valence-electron chi connectivity index (χ2n) is 7.02. The number of hydrogen-bond donors (Lipinski definition) is 0. The molecule has 0 radical (unpaired) electrons. The van der Waals surface area contributed by atoms with Crippen molar-refractivity contribution in [2.24, 2.45) is 11.8 Å². The first-order chi connectivity index (χ1) is 11.0. The van der Waals surface area contributed by atoms with Crippen LogP contribution in [0.3, 0.4) is 0 Å². The molecular formula is C17H22N4OS. The summed E-state index contributed by atoms with van der Waals surface area (Å²) in [7, 11) is 1.86. The molecule has 2 aromatic heterocycles. The van der Waals surface area contributed by atoms with Crippen LogP contribution in [0, 0.1) is 11.8 Å². The van der Waals surface area contributed by atoms with Gasteiger partial charge in [-0.05, 0) is 31.6 Å². The number of anilines is 1. The Morgan fingerprint density at radius 3 is 2.91 bits per heavy atom. The van der Waals surface area contributed by atoms with Crippen LogP contribution in [-0.4, -0.2) is 27.7 Å². The third-order valence-electron chi connectivity index (χ3n) is 4.56. The van der Waals surface area contributed by atoms with Crippen LogP contribution in [0.5, 0.6) is 0 Å². The molecule has 0 saturated heterocycles. The maximum atomic E-state index is 12.3. The van der Waals surface area contributed by atoms with Crippen LogP contribution in [0.25, 0.3) is 11.3 Å². The predicted molar refractivity (Wildman–Crippen MR) is 91.7 cm³/mol. The van der Waals surface area contributed by atoms with E-state index in [0.717, 1.165) is 48.6 Å². The van der Waals surface area contributed by atoms with Crippen molar-refractivity contribution in [3.8, 4) is 11.3 Å². The average Bonchev–Trinajstić information content (AvgIpc) is 3.15. The van der Waals surface area contributed by atoms with Crippen LogP contribution in [0.2, 0.25) is 0 Å². The summed E-state index contributed by atoms with van der Waals surface area (Å²) in [5.41, 5.74) is 3.48. The number of aromatic nitrogens is 3. The number of amides is 1. The molecule has 0 spiro atoms. The van der Waals surface area contributed by atoms with E-state index in [-0.39, 0.29) is 11.8 Å². The summed E-state index contributed by atoms with van der Waals surface area (Å²) in [5.74, 6) is 1.02. The lowest BCUT2D eigenvalue weighted by molar-refractivity contribution is -0.119. The number of fused-ring (bicyclic) bond motifs is 3. The molecule has 1 amide bonds. The molecule has 1 saturated carbocycles. The van der Waals surface area contributed by atoms with Crippen LogP contribution >= 0.6 is 11.3 Å². The molecular weight excluding hydrogens is 308 g/mol. The van der Waals surface area contributed by atoms with Gasteiger partial charge >= 0.3 is 0 Å². The van der Waals surface area contributed by atoms with Crippen molar-refractivity contribution in [1.82, 2.24) is 14.8 Å². The lowest BCUT2D eigenvalue weighted by atomic mass is 10.0. The highest BCUT2D eigenvalue weighted by Gasteiger charge is 2.34. The summed E-state index contributed by atoms with van der Waals surface area (Å²) >= 11 is 1.66. The lowest BCUT2D eigenvalue weighted by Gasteiger charge is -2.14. The number of thiazole rings is 1. The third-order valence-corrected chi connectivity index (χ3v) is 5.75. The minimum absolute atomic E-state index is 0.215. The fourth-order valence-electron chi connectivity index (χ4n) is 3.17. The molecule has 23 heavy (non-hydrogen) atoms. The van der Waals surface area contributed by atoms with E-state index in [2.05, 4.69) is 23.6 Å². The topological polar surface area (TPSA) is 51.0 Å². The zero-order valence-corrected chi connectivity index (χ0v) is 14.7. The first kappa shape index (κ1) is 14.9. The van der Waals surface area contributed by atoms with Crippen molar-refractivity contribution in [2.45, 2.75) is 46.1 Å². The first-order valence-corrected chi connectivity index (χ1v) is 9.18. The lowest BCUT2D eigenvalue weighted by Crippen LogP contribution is -2.27. The summed E-state index contributed by atoms with van der Waals surface area (Å²) in [4.78, 5) is 20.1. The molecule has 4 rings (SSSR count). The highest BCUT2D eigenvalue weighted by Crippen LogP contribution is 2.40. The Morgan fingerprint density at radius 1 is 1.43 bits per heavy atom. The monoisotopic (exact) mass is 330 g/mol. The van der Waals surface area contributed by atoms with E-state index in [1.54, 1.807) is 16.2 Å². The Hall–Kier alpha value is -1.69. The Morgan fingerprint density at radius 2 is 2.22 bits per heavy atom. The number of carbonyl (C=O) groups is 1. The molecule has 2 aromatic rings. The maximum absolute atomic E-state index is 12.3. The number of aryl methyl sites for hydroxylation is 1. The van der Waals surface area contributed by atoms with Gasteiger partial charge in [-0.2, -0.15) is 5.10 Å². The van der Waals surface area contributed by atoms with Crippen LogP contribution < -0.4 is 4.90 Å². The SMILES string of the molecule is CC(C)Cn1ncc2c1CCc1sc(N(C)C(=O)C3CC3)nc1-2. The van der Waals surface area contributed by atoms with Crippen molar-refractivity contribution in [3.05, 3.63) is 16.8 Å². The largest absolute Gasteiger partial charge is 0.291 e. The highest BCUT2D eigenvalue weighted by molar-refractivity contribution is 7.16. The molecule has 0 atom stereocenters. The predicted octanol–water partition coefficient (Wildman–Crippen LogP) is 3.13. The fraction of sp³-hybridized carbons (Fsp3) is 0.588. The summed E-state index contributed by atoms with van der Waals surface area (Å²) < 4.78 is 2.13. The van der Waals surface area contributed by atoms with E-state index in [4.69, 9.17) is 4.98 Å². The van der Waals surface area contributed by atoms with Crippen LogP contribution in [0.4, 0.5) is 5.13 Å². The summed E-state index contributed by atoms with van der Waals surface area (Å²) in [6.45, 7) is 5.37. The van der Waals surface area contributed by atoms with Gasteiger partial charge in [0.25, 0.3) is 0 Å². The minimum atomic E-state index is 0.215. The Kier molecular flexibility index (Phi) is 3.52. The van der Waals surface area contributed by atoms with E-state index in [1.807, 2.05) is 13.2 Å². The third kappa shape index (κ3) is 2.59. The quantitative estimate of drug-likeness (QED) is 0.865. The Bertz CT molecular complexity index is 757. The Balaban J connectivity index is 1.66. The number of nitrogens with zero attached hydrogens (tertiary/aromatic N) is 4. The molecule has 2 heterocycles. The molecule has 2 aliphatic rings. The summed E-state index contributed by atoms with van der Waals surface area (Å²) in [6, 6.07) is 0. The number of carbonyl (C=O) groups excluding carboxylic acids is 1. The van der Waals surface area contributed by atoms with Gasteiger partial charge in [0.05, 0.1) is 11.9 Å². The standard InChI is InChI=1S/C17H22N4OS/c1-10(2)9-21-13-6-7-14-15(12(13)8-18-21)19-17(23-14)20(3)16(22)11-4-5-11/h8,10-11H,4-7,9H2,1-3H3. The van der Waals surface area contributed by atoms with Crippen molar-refractivity contribution >= 4 is 22.4 Å². The molecule has 6 heteroatoms. The molecule has 0 aliphatic heterocycles. The zero-order chi connectivity index (χ0) is 16.1. The van der Waals surface area contributed by atoms with E-state index in [0.29, 0.717) is 5.92 Å². The number of hydrogen-bond acceptors (Lipinski definition) is 4. The molecule has 1 fully saturated rings. The average molecular weight is 330 g/mol. The molecule has 0 N–H and O–H groups in total. The smallest absolute Gasteiger partial charge is 0.231 e. The van der Waals surface area contributed by atoms with Crippen LogP contribution in [0.1, 0.15) is 37.3 Å².